The highest BCUT2D eigenvalue weighted by atomic mass is 16.5. The minimum atomic E-state index is -0.552. The number of hydrogen-bond acceptors (Lipinski definition) is 9. The molecule has 3 aliphatic rings. The van der Waals surface area contributed by atoms with Crippen molar-refractivity contribution in [2.24, 2.45) is 0 Å². The van der Waals surface area contributed by atoms with Gasteiger partial charge in [-0.1, -0.05) is 6.07 Å². The number of carbonyl (C=O) groups excluding carboxylic acids is 3. The zero-order valence-corrected chi connectivity index (χ0v) is 22.8. The Bertz CT molecular complexity index is 1420. The average Bonchev–Trinajstić information content (AvgIpc) is 3.40. The number of amides is 3. The molecule has 4 bridgehead atoms. The molecule has 214 valence electrons. The Morgan fingerprint density at radius 1 is 1.05 bits per heavy atom. The fourth-order valence-electron chi connectivity index (χ4n) is 4.75. The fourth-order valence-corrected chi connectivity index (χ4v) is 4.75. The third kappa shape index (κ3) is 6.65. The summed E-state index contributed by atoms with van der Waals surface area (Å²) >= 11 is 0. The first kappa shape index (κ1) is 27.7. The zero-order chi connectivity index (χ0) is 28.8. The highest BCUT2D eigenvalue weighted by Crippen LogP contribution is 2.32. The molecule has 3 amide bonds. The molecule has 0 saturated carbocycles. The van der Waals surface area contributed by atoms with Crippen molar-refractivity contribution in [1.82, 2.24) is 25.5 Å². The molecule has 0 unspecified atom stereocenters. The first-order valence-electron chi connectivity index (χ1n) is 13.2. The highest BCUT2D eigenvalue weighted by Gasteiger charge is 2.38. The molecule has 1 fully saturated rings. The van der Waals surface area contributed by atoms with Crippen LogP contribution in [0, 0.1) is 0 Å². The van der Waals surface area contributed by atoms with Crippen LogP contribution in [0.1, 0.15) is 28.0 Å². The van der Waals surface area contributed by atoms with Crippen LogP contribution >= 0.6 is 0 Å². The van der Waals surface area contributed by atoms with E-state index in [1.165, 1.54) is 20.3 Å². The lowest BCUT2D eigenvalue weighted by atomic mass is 10.1. The summed E-state index contributed by atoms with van der Waals surface area (Å²) in [5.41, 5.74) is 1.83. The van der Waals surface area contributed by atoms with Gasteiger partial charge in [0.1, 0.15) is 6.10 Å². The highest BCUT2D eigenvalue weighted by molar-refractivity contribution is 5.95. The number of aromatic nitrogens is 2. The second-order valence-corrected chi connectivity index (χ2v) is 9.65. The average molecular weight is 562 g/mol. The summed E-state index contributed by atoms with van der Waals surface area (Å²) in [5.74, 6) is 0.747. The minimum absolute atomic E-state index is 0.0821. The molecule has 0 spiro atoms. The number of methoxy groups -OCH3 is 2. The molecule has 3 aromatic rings. The second-order valence-electron chi connectivity index (χ2n) is 9.65. The number of benzene rings is 2. The maximum absolute atomic E-state index is 13.4. The Morgan fingerprint density at radius 2 is 1.90 bits per heavy atom. The van der Waals surface area contributed by atoms with Gasteiger partial charge < -0.3 is 34.5 Å². The predicted molar refractivity (Wildman–Crippen MR) is 146 cm³/mol. The Morgan fingerprint density at radius 3 is 2.68 bits per heavy atom. The Balaban J connectivity index is 1.42. The molecule has 41 heavy (non-hydrogen) atoms. The van der Waals surface area contributed by atoms with Gasteiger partial charge in [-0.25, -0.2) is 0 Å². The van der Waals surface area contributed by atoms with Gasteiger partial charge in [0.25, 0.3) is 11.8 Å². The number of fused-ring (bicyclic) bond motifs is 7. The quantitative estimate of drug-likeness (QED) is 0.474. The Labute approximate surface area is 237 Å². The summed E-state index contributed by atoms with van der Waals surface area (Å²) in [6.07, 6.45) is 4.96. The SMILES string of the molecule is COc1ccc2cc1OCC(=O)NCc1ccc(c(OC)c1)O[C@H]1CN(C(=O)CCc3cnccn3)C[C@@H]1NC2=O. The first-order chi connectivity index (χ1) is 19.9. The summed E-state index contributed by atoms with van der Waals surface area (Å²) in [6.45, 7) is 0.502. The molecular weight excluding hydrogens is 530 g/mol. The largest absolute Gasteiger partial charge is 0.493 e. The molecule has 1 aromatic heterocycles. The maximum Gasteiger partial charge on any atom is 0.258 e. The van der Waals surface area contributed by atoms with Crippen LogP contribution in [0.2, 0.25) is 0 Å². The van der Waals surface area contributed by atoms with Gasteiger partial charge in [-0.3, -0.25) is 24.4 Å². The number of nitrogens with one attached hydrogen (secondary N) is 2. The molecule has 2 aromatic carbocycles. The lowest BCUT2D eigenvalue weighted by molar-refractivity contribution is -0.130. The van der Waals surface area contributed by atoms with Crippen LogP contribution in [0.5, 0.6) is 23.0 Å². The summed E-state index contributed by atoms with van der Waals surface area (Å²) < 4.78 is 23.0. The number of hydrogen-bond donors (Lipinski definition) is 2. The number of likely N-dealkylation sites (tertiary alicyclic amines) is 1. The number of rotatable bonds is 5. The van der Waals surface area contributed by atoms with Crippen molar-refractivity contribution in [2.75, 3.05) is 33.9 Å². The van der Waals surface area contributed by atoms with E-state index >= 15 is 0 Å². The molecule has 4 heterocycles. The number of aryl methyl sites for hydroxylation is 1. The molecule has 12 nitrogen and oxygen atoms in total. The van der Waals surface area contributed by atoms with E-state index in [0.29, 0.717) is 29.2 Å². The third-order valence-electron chi connectivity index (χ3n) is 6.93. The van der Waals surface area contributed by atoms with Crippen molar-refractivity contribution < 1.29 is 33.3 Å². The van der Waals surface area contributed by atoms with Crippen molar-refractivity contribution in [3.05, 3.63) is 71.8 Å². The van der Waals surface area contributed by atoms with Gasteiger partial charge in [0.2, 0.25) is 5.91 Å². The molecule has 3 aliphatic heterocycles. The van der Waals surface area contributed by atoms with E-state index in [9.17, 15) is 14.4 Å². The first-order valence-corrected chi connectivity index (χ1v) is 13.2. The van der Waals surface area contributed by atoms with E-state index in [0.717, 1.165) is 11.3 Å². The van der Waals surface area contributed by atoms with Crippen LogP contribution in [0.3, 0.4) is 0 Å². The molecule has 0 radical (unpaired) electrons. The molecule has 0 aliphatic carbocycles. The van der Waals surface area contributed by atoms with Crippen molar-refractivity contribution in [2.45, 2.75) is 31.5 Å². The summed E-state index contributed by atoms with van der Waals surface area (Å²) in [5, 5.41) is 5.82. The van der Waals surface area contributed by atoms with E-state index in [-0.39, 0.29) is 56.1 Å². The van der Waals surface area contributed by atoms with Crippen LogP contribution in [0.15, 0.2) is 55.0 Å². The van der Waals surface area contributed by atoms with Gasteiger partial charge in [-0.05, 0) is 42.3 Å². The van der Waals surface area contributed by atoms with Crippen molar-refractivity contribution in [1.29, 1.82) is 0 Å². The van der Waals surface area contributed by atoms with Crippen LogP contribution in [-0.2, 0) is 22.6 Å². The Hall–Kier alpha value is -4.87. The Kier molecular flexibility index (Phi) is 8.47. The molecular formula is C29H31N5O7. The molecule has 2 atom stereocenters. The molecule has 6 rings (SSSR count). The van der Waals surface area contributed by atoms with Gasteiger partial charge in [0.15, 0.2) is 29.6 Å². The van der Waals surface area contributed by atoms with Crippen molar-refractivity contribution in [3.8, 4) is 23.0 Å². The second kappa shape index (κ2) is 12.5. The summed E-state index contributed by atoms with van der Waals surface area (Å²) in [4.78, 5) is 49.0. The van der Waals surface area contributed by atoms with Gasteiger partial charge >= 0.3 is 0 Å². The zero-order valence-electron chi connectivity index (χ0n) is 22.8. The van der Waals surface area contributed by atoms with E-state index < -0.39 is 12.1 Å². The summed E-state index contributed by atoms with van der Waals surface area (Å²) in [7, 11) is 3.00. The van der Waals surface area contributed by atoms with E-state index in [2.05, 4.69) is 20.6 Å². The van der Waals surface area contributed by atoms with Crippen LogP contribution in [-0.4, -0.2) is 78.7 Å². The van der Waals surface area contributed by atoms with Crippen molar-refractivity contribution in [3.63, 3.8) is 0 Å². The molecule has 2 N–H and O–H groups in total. The number of nitrogens with zero attached hydrogens (tertiary/aromatic N) is 3. The number of carbonyl (C=O) groups is 3. The van der Waals surface area contributed by atoms with E-state index in [1.54, 1.807) is 47.8 Å². The molecule has 1 saturated heterocycles. The number of ether oxygens (including phenoxy) is 4. The fraction of sp³-hybridized carbons (Fsp3) is 0.345. The van der Waals surface area contributed by atoms with Crippen LogP contribution in [0.25, 0.3) is 0 Å². The normalized spacial score (nSPS) is 18.7. The van der Waals surface area contributed by atoms with Crippen LogP contribution in [0.4, 0.5) is 0 Å². The lowest BCUT2D eigenvalue weighted by Crippen LogP contribution is -2.45. The predicted octanol–water partition coefficient (Wildman–Crippen LogP) is 1.52. The maximum atomic E-state index is 13.4. The van der Waals surface area contributed by atoms with Gasteiger partial charge in [0, 0.05) is 43.7 Å². The van der Waals surface area contributed by atoms with E-state index in [1.807, 2.05) is 6.07 Å². The van der Waals surface area contributed by atoms with E-state index in [4.69, 9.17) is 18.9 Å². The standard InChI is InChI=1S/C29H31N5O7/c1-38-22-7-4-19-12-25(22)40-17-27(35)32-13-18-3-6-23(24(11-18)39-2)41-26-16-34(15-21(26)33-29(19)37)28(36)8-5-20-14-30-9-10-31-20/h3-4,6-7,9-12,14,21,26H,5,8,13,15-17H2,1-2H3,(H,32,35)(H,33,37)/t21-,26-/m0/s1. The lowest BCUT2D eigenvalue weighted by Gasteiger charge is -2.22. The molecule has 12 heteroatoms. The summed E-state index contributed by atoms with van der Waals surface area (Å²) in [6, 6.07) is 9.55. The minimum Gasteiger partial charge on any atom is -0.493 e. The monoisotopic (exact) mass is 561 g/mol. The smallest absolute Gasteiger partial charge is 0.258 e. The third-order valence-corrected chi connectivity index (χ3v) is 6.93. The van der Waals surface area contributed by atoms with Crippen LogP contribution < -0.4 is 29.6 Å². The van der Waals surface area contributed by atoms with Gasteiger partial charge in [-0.15, -0.1) is 0 Å². The topological polar surface area (TPSA) is 141 Å². The van der Waals surface area contributed by atoms with Gasteiger partial charge in [0.05, 0.1) is 32.5 Å². The van der Waals surface area contributed by atoms with Crippen molar-refractivity contribution >= 4 is 17.7 Å². The van der Waals surface area contributed by atoms with Gasteiger partial charge in [-0.2, -0.15) is 0 Å².